The molecule has 1 aromatic rings. The number of hydrogen-bond donors (Lipinski definition) is 1. The molecule has 1 fully saturated rings. The second-order valence-electron chi connectivity index (χ2n) is 6.25. The van der Waals surface area contributed by atoms with Gasteiger partial charge in [-0.05, 0) is 56.8 Å². The molecule has 1 N–H and O–H groups in total. The molecule has 1 aromatic carbocycles. The zero-order valence-corrected chi connectivity index (χ0v) is 14.0. The van der Waals surface area contributed by atoms with E-state index in [2.05, 4.69) is 53.4 Å². The highest BCUT2D eigenvalue weighted by Gasteiger charge is 2.46. The fraction of sp³-hybridized carbons (Fsp3) is 0.647. The topological polar surface area (TPSA) is 21.3 Å². The van der Waals surface area contributed by atoms with Gasteiger partial charge in [-0.2, -0.15) is 0 Å². The monoisotopic (exact) mass is 337 g/mol. The smallest absolute Gasteiger partial charge is 0.125 e. The maximum Gasteiger partial charge on any atom is 0.125 e. The number of benzene rings is 1. The Hall–Kier alpha value is -0.540. The Bertz CT molecular complexity index is 490. The molecule has 2 nitrogen and oxygen atoms in total. The average molecular weight is 338 g/mol. The van der Waals surface area contributed by atoms with Crippen LogP contribution in [0.3, 0.4) is 0 Å². The minimum atomic E-state index is 0.0570. The second kappa shape index (κ2) is 5.69. The molecule has 1 aliphatic carbocycles. The summed E-state index contributed by atoms with van der Waals surface area (Å²) in [6, 6.07) is 6.83. The zero-order chi connectivity index (χ0) is 14.2. The van der Waals surface area contributed by atoms with Crippen molar-refractivity contribution < 1.29 is 4.74 Å². The fourth-order valence-corrected chi connectivity index (χ4v) is 4.50. The Labute approximate surface area is 130 Å². The third kappa shape index (κ3) is 2.39. The van der Waals surface area contributed by atoms with Crippen molar-refractivity contribution in [2.24, 2.45) is 5.92 Å². The highest BCUT2D eigenvalue weighted by Crippen LogP contribution is 2.49. The molecule has 3 unspecified atom stereocenters. The lowest BCUT2D eigenvalue weighted by Gasteiger charge is -2.49. The minimum absolute atomic E-state index is 0.0570. The molecule has 1 heterocycles. The van der Waals surface area contributed by atoms with Gasteiger partial charge in [0.1, 0.15) is 11.4 Å². The summed E-state index contributed by atoms with van der Waals surface area (Å²) in [4.78, 5) is 0. The van der Waals surface area contributed by atoms with Gasteiger partial charge >= 0.3 is 0 Å². The summed E-state index contributed by atoms with van der Waals surface area (Å²) in [5, 5.41) is 3.50. The first kappa shape index (κ1) is 14.4. The molecule has 110 valence electrons. The van der Waals surface area contributed by atoms with Gasteiger partial charge in [-0.3, -0.25) is 0 Å². The molecule has 2 aliphatic rings. The van der Waals surface area contributed by atoms with Gasteiger partial charge in [0.05, 0.1) is 0 Å². The van der Waals surface area contributed by atoms with Crippen molar-refractivity contribution in [1.82, 2.24) is 5.32 Å². The van der Waals surface area contributed by atoms with Crippen molar-refractivity contribution in [3.05, 3.63) is 28.2 Å². The molecule has 3 heteroatoms. The van der Waals surface area contributed by atoms with Crippen molar-refractivity contribution >= 4 is 15.9 Å². The molecule has 0 aromatic heterocycles. The van der Waals surface area contributed by atoms with E-state index in [-0.39, 0.29) is 5.60 Å². The van der Waals surface area contributed by atoms with Crippen LogP contribution in [0.5, 0.6) is 5.75 Å². The first-order chi connectivity index (χ1) is 9.68. The van der Waals surface area contributed by atoms with Crippen LogP contribution in [0, 0.1) is 5.92 Å². The average Bonchev–Trinajstić information content (AvgIpc) is 2.47. The Morgan fingerprint density at radius 2 is 2.25 bits per heavy atom. The van der Waals surface area contributed by atoms with E-state index in [1.165, 1.54) is 37.7 Å². The summed E-state index contributed by atoms with van der Waals surface area (Å²) in [5.41, 5.74) is 1.36. The molecule has 0 amide bonds. The maximum atomic E-state index is 6.59. The first-order valence-electron chi connectivity index (χ1n) is 7.84. The maximum absolute atomic E-state index is 6.59. The lowest BCUT2D eigenvalue weighted by molar-refractivity contribution is -0.0518. The number of nitrogens with one attached hydrogen (secondary N) is 1. The van der Waals surface area contributed by atoms with Crippen LogP contribution in [-0.2, 0) is 0 Å². The van der Waals surface area contributed by atoms with Gasteiger partial charge < -0.3 is 10.1 Å². The van der Waals surface area contributed by atoms with Gasteiger partial charge in [0.25, 0.3) is 0 Å². The Balaban J connectivity index is 1.99. The summed E-state index contributed by atoms with van der Waals surface area (Å²) < 4.78 is 7.72. The van der Waals surface area contributed by atoms with Crippen LogP contribution in [0.1, 0.15) is 57.1 Å². The quantitative estimate of drug-likeness (QED) is 0.834. The number of ether oxygens (including phenoxy) is 1. The van der Waals surface area contributed by atoms with Crippen molar-refractivity contribution in [3.8, 4) is 5.75 Å². The van der Waals surface area contributed by atoms with Gasteiger partial charge in [-0.1, -0.05) is 29.3 Å². The molecule has 3 atom stereocenters. The highest BCUT2D eigenvalue weighted by atomic mass is 79.9. The summed E-state index contributed by atoms with van der Waals surface area (Å²) in [7, 11) is 2.07. The molecule has 20 heavy (non-hydrogen) atoms. The van der Waals surface area contributed by atoms with E-state index in [0.29, 0.717) is 12.0 Å². The van der Waals surface area contributed by atoms with E-state index in [4.69, 9.17) is 4.74 Å². The van der Waals surface area contributed by atoms with Gasteiger partial charge in [-0.15, -0.1) is 0 Å². The van der Waals surface area contributed by atoms with Crippen molar-refractivity contribution in [2.45, 2.75) is 57.1 Å². The van der Waals surface area contributed by atoms with Crippen LogP contribution in [0.4, 0.5) is 0 Å². The summed E-state index contributed by atoms with van der Waals surface area (Å²) in [6.07, 6.45) is 7.52. The lowest BCUT2D eigenvalue weighted by Crippen LogP contribution is -2.50. The SMILES string of the molecule is CCC1CCCCC12CC(NC)c1cc(Br)ccc1O2. The highest BCUT2D eigenvalue weighted by molar-refractivity contribution is 9.10. The lowest BCUT2D eigenvalue weighted by atomic mass is 9.69. The molecule has 1 saturated carbocycles. The van der Waals surface area contributed by atoms with Gasteiger partial charge in [-0.25, -0.2) is 0 Å². The van der Waals surface area contributed by atoms with Gasteiger partial charge in [0.15, 0.2) is 0 Å². The third-order valence-electron chi connectivity index (χ3n) is 5.20. The Morgan fingerprint density at radius 3 is 3.00 bits per heavy atom. The Kier molecular flexibility index (Phi) is 4.09. The number of fused-ring (bicyclic) bond motifs is 1. The molecular weight excluding hydrogens is 314 g/mol. The van der Waals surface area contributed by atoms with Crippen molar-refractivity contribution in [2.75, 3.05) is 7.05 Å². The zero-order valence-electron chi connectivity index (χ0n) is 12.4. The molecule has 0 bridgehead atoms. The van der Waals surface area contributed by atoms with Gasteiger partial charge in [0.2, 0.25) is 0 Å². The van der Waals surface area contributed by atoms with E-state index in [0.717, 1.165) is 16.6 Å². The summed E-state index contributed by atoms with van der Waals surface area (Å²) >= 11 is 3.58. The predicted octanol–water partition coefficient (Wildman–Crippen LogP) is 4.83. The van der Waals surface area contributed by atoms with Crippen LogP contribution in [0.15, 0.2) is 22.7 Å². The third-order valence-corrected chi connectivity index (χ3v) is 5.69. The van der Waals surface area contributed by atoms with E-state index in [9.17, 15) is 0 Å². The van der Waals surface area contributed by atoms with Crippen molar-refractivity contribution in [1.29, 1.82) is 0 Å². The number of rotatable bonds is 2. The van der Waals surface area contributed by atoms with Crippen LogP contribution in [0.2, 0.25) is 0 Å². The fourth-order valence-electron chi connectivity index (χ4n) is 4.12. The van der Waals surface area contributed by atoms with E-state index >= 15 is 0 Å². The van der Waals surface area contributed by atoms with E-state index in [1.807, 2.05) is 0 Å². The Morgan fingerprint density at radius 1 is 1.40 bits per heavy atom. The molecule has 1 aliphatic heterocycles. The van der Waals surface area contributed by atoms with Crippen LogP contribution < -0.4 is 10.1 Å². The first-order valence-corrected chi connectivity index (χ1v) is 8.63. The standard InChI is InChI=1S/C17H24BrNO/c1-3-12-6-4-5-9-17(12)11-15(19-2)14-10-13(18)7-8-16(14)20-17/h7-8,10,12,15,19H,3-6,9,11H2,1-2H3. The normalized spacial score (nSPS) is 32.8. The summed E-state index contributed by atoms with van der Waals surface area (Å²) in [6.45, 7) is 2.31. The number of halogens is 1. The van der Waals surface area contributed by atoms with Crippen LogP contribution >= 0.6 is 15.9 Å². The predicted molar refractivity (Wildman–Crippen MR) is 86.2 cm³/mol. The molecule has 3 rings (SSSR count). The van der Waals surface area contributed by atoms with E-state index < -0.39 is 0 Å². The van der Waals surface area contributed by atoms with Gasteiger partial charge in [0, 0.05) is 22.5 Å². The van der Waals surface area contributed by atoms with Crippen LogP contribution in [-0.4, -0.2) is 12.6 Å². The molecule has 0 saturated heterocycles. The largest absolute Gasteiger partial charge is 0.487 e. The van der Waals surface area contributed by atoms with Crippen LogP contribution in [0.25, 0.3) is 0 Å². The number of hydrogen-bond acceptors (Lipinski definition) is 2. The van der Waals surface area contributed by atoms with Crippen molar-refractivity contribution in [3.63, 3.8) is 0 Å². The molecular formula is C17H24BrNO. The summed E-state index contributed by atoms with van der Waals surface area (Å²) in [5.74, 6) is 1.78. The van der Waals surface area contributed by atoms with E-state index in [1.54, 1.807) is 0 Å². The molecule has 1 spiro atoms. The minimum Gasteiger partial charge on any atom is -0.487 e. The second-order valence-corrected chi connectivity index (χ2v) is 7.16. The molecule has 0 radical (unpaired) electrons.